The van der Waals surface area contributed by atoms with Gasteiger partial charge >= 0.3 is 0 Å². The van der Waals surface area contributed by atoms with Crippen LogP contribution in [0.25, 0.3) is 0 Å². The Morgan fingerprint density at radius 3 is 2.72 bits per heavy atom. The fourth-order valence-corrected chi connectivity index (χ4v) is 2.36. The molecule has 0 atom stereocenters. The molecule has 25 heavy (non-hydrogen) atoms. The van der Waals surface area contributed by atoms with Crippen LogP contribution in [-0.4, -0.2) is 18.9 Å². The second-order valence-electron chi connectivity index (χ2n) is 5.07. The molecule has 0 bridgehead atoms. The number of para-hydroxylation sites is 1. The van der Waals surface area contributed by atoms with Crippen molar-refractivity contribution in [2.75, 3.05) is 12.4 Å². The van der Waals surface area contributed by atoms with Crippen LogP contribution in [0.3, 0.4) is 0 Å². The summed E-state index contributed by atoms with van der Waals surface area (Å²) in [5.74, 6) is -0.340. The predicted octanol–water partition coefficient (Wildman–Crippen LogP) is 3.13. The molecule has 0 fully saturated rings. The number of hydrogen-bond donors (Lipinski definition) is 2. The molecule has 2 aromatic carbocycles. The van der Waals surface area contributed by atoms with Gasteiger partial charge in [-0.05, 0) is 29.8 Å². The SMILES string of the molecule is COc1ccc(Cl)cc1C(=O)NCc1ccccc1NC(=O)CC#N. The Morgan fingerprint density at radius 2 is 2.00 bits per heavy atom. The molecule has 0 saturated carbocycles. The quantitative estimate of drug-likeness (QED) is 0.830. The van der Waals surface area contributed by atoms with E-state index >= 15 is 0 Å². The average Bonchev–Trinajstić information content (AvgIpc) is 2.61. The molecule has 0 radical (unpaired) electrons. The van der Waals surface area contributed by atoms with E-state index in [1.165, 1.54) is 13.2 Å². The third-order valence-corrected chi connectivity index (χ3v) is 3.61. The van der Waals surface area contributed by atoms with E-state index in [2.05, 4.69) is 10.6 Å². The number of hydrogen-bond acceptors (Lipinski definition) is 4. The molecule has 2 N–H and O–H groups in total. The largest absolute Gasteiger partial charge is 0.496 e. The summed E-state index contributed by atoms with van der Waals surface area (Å²) in [4.78, 5) is 24.0. The number of anilines is 1. The molecule has 0 heterocycles. The number of carbonyl (C=O) groups excluding carboxylic acids is 2. The van der Waals surface area contributed by atoms with Crippen molar-refractivity contribution in [3.63, 3.8) is 0 Å². The summed E-state index contributed by atoms with van der Waals surface area (Å²) >= 11 is 5.94. The summed E-state index contributed by atoms with van der Waals surface area (Å²) in [6.07, 6.45) is -0.236. The molecule has 0 aromatic heterocycles. The molecule has 0 unspecified atom stereocenters. The van der Waals surface area contributed by atoms with E-state index in [4.69, 9.17) is 21.6 Å². The number of ether oxygens (including phenoxy) is 1. The first-order chi connectivity index (χ1) is 12.0. The number of nitrogens with zero attached hydrogens (tertiary/aromatic N) is 1. The summed E-state index contributed by atoms with van der Waals surface area (Å²) in [5.41, 5.74) is 1.57. The highest BCUT2D eigenvalue weighted by molar-refractivity contribution is 6.31. The maximum absolute atomic E-state index is 12.4. The van der Waals surface area contributed by atoms with Crippen LogP contribution in [0.2, 0.25) is 5.02 Å². The lowest BCUT2D eigenvalue weighted by atomic mass is 10.1. The van der Waals surface area contributed by atoms with Gasteiger partial charge in [-0.15, -0.1) is 0 Å². The second-order valence-corrected chi connectivity index (χ2v) is 5.50. The van der Waals surface area contributed by atoms with Crippen LogP contribution in [0, 0.1) is 11.3 Å². The minimum absolute atomic E-state index is 0.192. The van der Waals surface area contributed by atoms with E-state index in [1.807, 2.05) is 0 Å². The molecule has 2 amide bonds. The fraction of sp³-hybridized carbons (Fsp3) is 0.167. The van der Waals surface area contributed by atoms with Gasteiger partial charge in [0.25, 0.3) is 5.91 Å². The van der Waals surface area contributed by atoms with Crippen molar-refractivity contribution < 1.29 is 14.3 Å². The highest BCUT2D eigenvalue weighted by atomic mass is 35.5. The Morgan fingerprint density at radius 1 is 1.24 bits per heavy atom. The molecule has 0 saturated heterocycles. The highest BCUT2D eigenvalue weighted by Crippen LogP contribution is 2.23. The third-order valence-electron chi connectivity index (χ3n) is 3.38. The Kier molecular flexibility index (Phi) is 6.38. The first kappa shape index (κ1) is 18.3. The Bertz CT molecular complexity index is 831. The summed E-state index contributed by atoms with van der Waals surface area (Å²) in [6.45, 7) is 0.192. The molecular formula is C18H16ClN3O3. The van der Waals surface area contributed by atoms with Crippen LogP contribution in [0.5, 0.6) is 5.75 Å². The topological polar surface area (TPSA) is 91.2 Å². The minimum Gasteiger partial charge on any atom is -0.496 e. The van der Waals surface area contributed by atoms with E-state index in [0.29, 0.717) is 27.6 Å². The molecular weight excluding hydrogens is 342 g/mol. The molecule has 2 aromatic rings. The zero-order valence-electron chi connectivity index (χ0n) is 13.5. The van der Waals surface area contributed by atoms with Crippen LogP contribution in [0.15, 0.2) is 42.5 Å². The van der Waals surface area contributed by atoms with E-state index in [-0.39, 0.29) is 18.9 Å². The Hall–Kier alpha value is -3.04. The molecule has 7 heteroatoms. The Labute approximate surface area is 150 Å². The van der Waals surface area contributed by atoms with Gasteiger partial charge in [-0.25, -0.2) is 0 Å². The lowest BCUT2D eigenvalue weighted by molar-refractivity contribution is -0.115. The fourth-order valence-electron chi connectivity index (χ4n) is 2.19. The summed E-state index contributed by atoms with van der Waals surface area (Å²) in [6, 6.07) is 13.6. The van der Waals surface area contributed by atoms with Gasteiger partial charge in [0.2, 0.25) is 5.91 Å². The lowest BCUT2D eigenvalue weighted by Gasteiger charge is -2.13. The predicted molar refractivity (Wildman–Crippen MR) is 94.5 cm³/mol. The zero-order chi connectivity index (χ0) is 18.2. The third kappa shape index (κ3) is 4.96. The van der Waals surface area contributed by atoms with Gasteiger partial charge in [-0.1, -0.05) is 29.8 Å². The smallest absolute Gasteiger partial charge is 0.255 e. The van der Waals surface area contributed by atoms with Crippen LogP contribution >= 0.6 is 11.6 Å². The van der Waals surface area contributed by atoms with E-state index in [0.717, 1.165) is 0 Å². The number of benzene rings is 2. The van der Waals surface area contributed by atoms with Crippen molar-refractivity contribution in [2.45, 2.75) is 13.0 Å². The molecule has 2 rings (SSSR count). The number of rotatable bonds is 6. The average molecular weight is 358 g/mol. The van der Waals surface area contributed by atoms with Crippen molar-refractivity contribution in [1.82, 2.24) is 5.32 Å². The lowest BCUT2D eigenvalue weighted by Crippen LogP contribution is -2.24. The highest BCUT2D eigenvalue weighted by Gasteiger charge is 2.14. The normalized spacial score (nSPS) is 9.80. The zero-order valence-corrected chi connectivity index (χ0v) is 14.3. The monoisotopic (exact) mass is 357 g/mol. The van der Waals surface area contributed by atoms with Gasteiger partial charge in [0, 0.05) is 17.3 Å². The van der Waals surface area contributed by atoms with Gasteiger partial charge < -0.3 is 15.4 Å². The summed E-state index contributed by atoms with van der Waals surface area (Å²) in [5, 5.41) is 14.4. The first-order valence-corrected chi connectivity index (χ1v) is 7.79. The van der Waals surface area contributed by atoms with Gasteiger partial charge in [0.05, 0.1) is 18.7 Å². The first-order valence-electron chi connectivity index (χ1n) is 7.41. The maximum Gasteiger partial charge on any atom is 0.255 e. The molecule has 6 nitrogen and oxygen atoms in total. The number of nitrogens with one attached hydrogen (secondary N) is 2. The summed E-state index contributed by atoms with van der Waals surface area (Å²) in [7, 11) is 1.47. The molecule has 0 aliphatic heterocycles. The number of amides is 2. The van der Waals surface area contributed by atoms with Crippen LogP contribution in [-0.2, 0) is 11.3 Å². The number of nitriles is 1. The van der Waals surface area contributed by atoms with Crippen molar-refractivity contribution >= 4 is 29.1 Å². The molecule has 0 aliphatic carbocycles. The van der Waals surface area contributed by atoms with Crippen molar-refractivity contribution in [3.05, 3.63) is 58.6 Å². The van der Waals surface area contributed by atoms with Gasteiger partial charge in [0.1, 0.15) is 12.2 Å². The van der Waals surface area contributed by atoms with Crippen molar-refractivity contribution in [3.8, 4) is 11.8 Å². The minimum atomic E-state index is -0.405. The summed E-state index contributed by atoms with van der Waals surface area (Å²) < 4.78 is 5.17. The maximum atomic E-state index is 12.4. The Balaban J connectivity index is 2.12. The number of methoxy groups -OCH3 is 1. The number of carbonyl (C=O) groups is 2. The molecule has 0 aliphatic rings. The van der Waals surface area contributed by atoms with Crippen LogP contribution in [0.4, 0.5) is 5.69 Å². The van der Waals surface area contributed by atoms with Crippen LogP contribution < -0.4 is 15.4 Å². The van der Waals surface area contributed by atoms with Gasteiger partial charge in [-0.2, -0.15) is 5.26 Å². The van der Waals surface area contributed by atoms with Crippen molar-refractivity contribution in [2.24, 2.45) is 0 Å². The van der Waals surface area contributed by atoms with E-state index in [1.54, 1.807) is 42.5 Å². The molecule has 0 spiro atoms. The van der Waals surface area contributed by atoms with Crippen molar-refractivity contribution in [1.29, 1.82) is 5.26 Å². The standard InChI is InChI=1S/C18H16ClN3O3/c1-25-16-7-6-13(19)10-14(16)18(24)21-11-12-4-2-3-5-15(12)22-17(23)8-9-20/h2-7,10H,8,11H2,1H3,(H,21,24)(H,22,23). The van der Waals surface area contributed by atoms with Gasteiger partial charge in [-0.3, -0.25) is 9.59 Å². The van der Waals surface area contributed by atoms with Crippen LogP contribution in [0.1, 0.15) is 22.3 Å². The number of halogens is 1. The van der Waals surface area contributed by atoms with Gasteiger partial charge in [0.15, 0.2) is 0 Å². The van der Waals surface area contributed by atoms with E-state index < -0.39 is 5.91 Å². The second kappa shape index (κ2) is 8.71. The van der Waals surface area contributed by atoms with E-state index in [9.17, 15) is 9.59 Å². The molecule has 128 valence electrons.